The molecule has 2 aliphatic rings. The summed E-state index contributed by atoms with van der Waals surface area (Å²) in [7, 11) is 0. The average molecular weight is 422 g/mol. The van der Waals surface area contributed by atoms with E-state index in [1.807, 2.05) is 18.4 Å². The molecule has 0 spiro atoms. The van der Waals surface area contributed by atoms with Crippen molar-refractivity contribution in [2.45, 2.75) is 50.6 Å². The monoisotopic (exact) mass is 422 g/mol. The van der Waals surface area contributed by atoms with Gasteiger partial charge in [-0.2, -0.15) is 13.2 Å². The van der Waals surface area contributed by atoms with Crippen LogP contribution in [0.2, 0.25) is 0 Å². The van der Waals surface area contributed by atoms with Gasteiger partial charge in [0.25, 0.3) is 0 Å². The first-order valence-electron chi connectivity index (χ1n) is 10.9. The van der Waals surface area contributed by atoms with Gasteiger partial charge in [0.1, 0.15) is 12.0 Å². The minimum atomic E-state index is -4.41. The van der Waals surface area contributed by atoms with Gasteiger partial charge in [0, 0.05) is 24.0 Å². The van der Waals surface area contributed by atoms with Crippen LogP contribution in [-0.2, 0) is 4.79 Å². The van der Waals surface area contributed by atoms with Gasteiger partial charge in [-0.15, -0.1) is 0 Å². The number of hydrogen-bond acceptors (Lipinski definition) is 3. The third-order valence-corrected chi connectivity index (χ3v) is 6.71. The number of hydrogen-bond donors (Lipinski definition) is 0. The zero-order valence-electron chi connectivity index (χ0n) is 17.2. The molecule has 0 N–H and O–H groups in total. The molecule has 2 aromatic rings. The van der Waals surface area contributed by atoms with E-state index in [1.54, 1.807) is 0 Å². The second kappa shape index (κ2) is 9.00. The quantitative estimate of drug-likeness (QED) is 0.665. The van der Waals surface area contributed by atoms with E-state index >= 15 is 0 Å². The molecule has 0 unspecified atom stereocenters. The van der Waals surface area contributed by atoms with Gasteiger partial charge in [-0.1, -0.05) is 18.2 Å². The summed E-state index contributed by atoms with van der Waals surface area (Å²) in [6, 6.07) is 8.19. The number of amides is 1. The lowest BCUT2D eigenvalue weighted by Gasteiger charge is -2.35. The van der Waals surface area contributed by atoms with Gasteiger partial charge in [-0.3, -0.25) is 4.79 Å². The summed E-state index contributed by atoms with van der Waals surface area (Å²) in [6.45, 7) is 4.06. The molecule has 1 aromatic carbocycles. The first-order chi connectivity index (χ1) is 14.4. The van der Waals surface area contributed by atoms with Gasteiger partial charge in [0.05, 0.1) is 6.26 Å². The summed E-state index contributed by atoms with van der Waals surface area (Å²) in [4.78, 5) is 15.6. The van der Waals surface area contributed by atoms with Crippen LogP contribution in [-0.4, -0.2) is 54.6 Å². The van der Waals surface area contributed by atoms with E-state index in [0.29, 0.717) is 24.9 Å². The van der Waals surface area contributed by atoms with E-state index in [1.165, 1.54) is 15.8 Å². The summed E-state index contributed by atoms with van der Waals surface area (Å²) in [5, 5.41) is 1.22. The second-order valence-electron chi connectivity index (χ2n) is 8.71. The maximum absolute atomic E-state index is 12.4. The molecule has 7 heteroatoms. The third kappa shape index (κ3) is 5.17. The average Bonchev–Trinajstić information content (AvgIpc) is 3.16. The Hall–Kier alpha value is -2.02. The molecular weight excluding hydrogens is 393 g/mol. The normalized spacial score (nSPS) is 20.2. The molecule has 0 atom stereocenters. The van der Waals surface area contributed by atoms with Crippen molar-refractivity contribution < 1.29 is 22.4 Å². The van der Waals surface area contributed by atoms with Crippen LogP contribution in [0.1, 0.15) is 50.0 Å². The highest BCUT2D eigenvalue weighted by Crippen LogP contribution is 2.34. The topological polar surface area (TPSA) is 36.7 Å². The van der Waals surface area contributed by atoms with Crippen LogP contribution in [0.4, 0.5) is 13.2 Å². The lowest BCUT2D eigenvalue weighted by atomic mass is 9.88. The summed E-state index contributed by atoms with van der Waals surface area (Å²) in [5.41, 5.74) is 2.27. The number of benzene rings is 1. The smallest absolute Gasteiger partial charge is 0.397 e. The highest BCUT2D eigenvalue weighted by Gasteiger charge is 2.34. The summed E-state index contributed by atoms with van der Waals surface area (Å²) in [6.07, 6.45) is 1.07. The van der Waals surface area contributed by atoms with Crippen molar-refractivity contribution in [3.63, 3.8) is 0 Å². The number of halogens is 3. The lowest BCUT2D eigenvalue weighted by Crippen LogP contribution is -2.41. The van der Waals surface area contributed by atoms with E-state index in [0.717, 1.165) is 57.3 Å². The fraction of sp³-hybridized carbons (Fsp3) is 0.609. The molecule has 2 aliphatic heterocycles. The molecule has 30 heavy (non-hydrogen) atoms. The minimum absolute atomic E-state index is 0.454. The van der Waals surface area contributed by atoms with Gasteiger partial charge in [-0.25, -0.2) is 0 Å². The van der Waals surface area contributed by atoms with Crippen LogP contribution in [0.25, 0.3) is 11.0 Å². The summed E-state index contributed by atoms with van der Waals surface area (Å²) >= 11 is 0. The standard InChI is InChI=1S/C23H29F3N2O2/c24-23(25,26)15-22(29)28-13-6-17(7-14-28)5-10-27-11-8-18(9-12-27)20-16-30-21-4-2-1-3-19(20)21/h1-4,16-18H,5-15H2. The van der Waals surface area contributed by atoms with Crippen molar-refractivity contribution in [1.82, 2.24) is 9.80 Å². The van der Waals surface area contributed by atoms with Crippen molar-refractivity contribution in [1.29, 1.82) is 0 Å². The Morgan fingerprint density at radius 1 is 1.03 bits per heavy atom. The van der Waals surface area contributed by atoms with Crippen LogP contribution < -0.4 is 0 Å². The van der Waals surface area contributed by atoms with Crippen LogP contribution >= 0.6 is 0 Å². The molecule has 0 aliphatic carbocycles. The van der Waals surface area contributed by atoms with Gasteiger partial charge in [0.15, 0.2) is 0 Å². The molecule has 1 amide bonds. The van der Waals surface area contributed by atoms with E-state index < -0.39 is 18.5 Å². The molecule has 3 heterocycles. The Morgan fingerprint density at radius 3 is 2.43 bits per heavy atom. The predicted octanol–water partition coefficient (Wildman–Crippen LogP) is 5.19. The number of alkyl halides is 3. The molecule has 2 saturated heterocycles. The number of para-hydroxylation sites is 1. The van der Waals surface area contributed by atoms with Gasteiger partial charge < -0.3 is 14.2 Å². The Kier molecular flexibility index (Phi) is 6.37. The van der Waals surface area contributed by atoms with Crippen LogP contribution in [0, 0.1) is 5.92 Å². The summed E-state index contributed by atoms with van der Waals surface area (Å²) < 4.78 is 42.9. The maximum atomic E-state index is 12.4. The Morgan fingerprint density at radius 2 is 1.73 bits per heavy atom. The van der Waals surface area contributed by atoms with Gasteiger partial charge in [0.2, 0.25) is 5.91 Å². The first kappa shape index (κ1) is 21.2. The predicted molar refractivity (Wildman–Crippen MR) is 109 cm³/mol. The van der Waals surface area contributed by atoms with E-state index in [4.69, 9.17) is 4.42 Å². The van der Waals surface area contributed by atoms with E-state index in [2.05, 4.69) is 17.0 Å². The van der Waals surface area contributed by atoms with Crippen molar-refractivity contribution >= 4 is 16.9 Å². The second-order valence-corrected chi connectivity index (χ2v) is 8.71. The zero-order chi connectivity index (χ0) is 21.1. The van der Waals surface area contributed by atoms with Crippen LogP contribution in [0.5, 0.6) is 0 Å². The number of furan rings is 1. The number of likely N-dealkylation sites (tertiary alicyclic amines) is 2. The SMILES string of the molecule is O=C(CC(F)(F)F)N1CCC(CCN2CCC(c3coc4ccccc34)CC2)CC1. The van der Waals surface area contributed by atoms with Crippen molar-refractivity contribution in [3.8, 4) is 0 Å². The first-order valence-corrected chi connectivity index (χ1v) is 10.9. The third-order valence-electron chi connectivity index (χ3n) is 6.71. The molecule has 164 valence electrons. The number of rotatable bonds is 5. The lowest BCUT2D eigenvalue weighted by molar-refractivity contribution is -0.162. The zero-order valence-corrected chi connectivity index (χ0v) is 17.2. The molecule has 0 radical (unpaired) electrons. The largest absolute Gasteiger partial charge is 0.464 e. The molecular formula is C23H29F3N2O2. The fourth-order valence-corrected chi connectivity index (χ4v) is 4.90. The van der Waals surface area contributed by atoms with Gasteiger partial charge >= 0.3 is 6.18 Å². The van der Waals surface area contributed by atoms with Crippen LogP contribution in [0.15, 0.2) is 34.9 Å². The van der Waals surface area contributed by atoms with E-state index in [9.17, 15) is 18.0 Å². The Labute approximate surface area is 175 Å². The highest BCUT2D eigenvalue weighted by molar-refractivity contribution is 5.81. The number of piperidine rings is 2. The number of carbonyl (C=O) groups excluding carboxylic acids is 1. The molecule has 0 bridgehead atoms. The molecule has 4 rings (SSSR count). The van der Waals surface area contributed by atoms with E-state index in [-0.39, 0.29) is 0 Å². The Balaban J connectivity index is 1.18. The number of fused-ring (bicyclic) bond motifs is 1. The number of carbonyl (C=O) groups is 1. The summed E-state index contributed by atoms with van der Waals surface area (Å²) in [5.74, 6) is 0.248. The van der Waals surface area contributed by atoms with Crippen LogP contribution in [0.3, 0.4) is 0 Å². The molecule has 2 fully saturated rings. The van der Waals surface area contributed by atoms with Crippen molar-refractivity contribution in [2.75, 3.05) is 32.7 Å². The van der Waals surface area contributed by atoms with Crippen molar-refractivity contribution in [3.05, 3.63) is 36.1 Å². The molecule has 4 nitrogen and oxygen atoms in total. The fourth-order valence-electron chi connectivity index (χ4n) is 4.90. The van der Waals surface area contributed by atoms with Gasteiger partial charge in [-0.05, 0) is 69.6 Å². The molecule has 1 aromatic heterocycles. The maximum Gasteiger partial charge on any atom is 0.397 e. The van der Waals surface area contributed by atoms with Crippen molar-refractivity contribution in [2.24, 2.45) is 5.92 Å². The minimum Gasteiger partial charge on any atom is -0.464 e. The molecule has 0 saturated carbocycles. The Bertz CT molecular complexity index is 847. The number of nitrogens with zero attached hydrogens (tertiary/aromatic N) is 2. The highest BCUT2D eigenvalue weighted by atomic mass is 19.4.